The summed E-state index contributed by atoms with van der Waals surface area (Å²) in [5, 5.41) is 30.4. The summed E-state index contributed by atoms with van der Waals surface area (Å²) in [6, 6.07) is 16.9. The summed E-state index contributed by atoms with van der Waals surface area (Å²) in [6.07, 6.45) is 0.300. The third kappa shape index (κ3) is 4.10. The Labute approximate surface area is 207 Å². The zero-order chi connectivity index (χ0) is 25.6. The number of fused-ring (bicyclic) bond motifs is 2. The van der Waals surface area contributed by atoms with E-state index < -0.39 is 16.1 Å². The molecule has 10 heteroatoms. The summed E-state index contributed by atoms with van der Waals surface area (Å²) in [6.45, 7) is 0.642. The number of sulfonamides is 1. The second-order valence-electron chi connectivity index (χ2n) is 8.79. The number of nitrogens with zero attached hydrogens (tertiary/aromatic N) is 1. The van der Waals surface area contributed by atoms with Gasteiger partial charge in [0.2, 0.25) is 15.9 Å². The first-order valence-electron chi connectivity index (χ1n) is 11.3. The van der Waals surface area contributed by atoms with E-state index in [0.717, 1.165) is 5.56 Å². The van der Waals surface area contributed by atoms with Gasteiger partial charge < -0.3 is 20.8 Å². The number of hydrogen-bond acceptors (Lipinski definition) is 6. The minimum Gasteiger partial charge on any atom is -0.507 e. The lowest BCUT2D eigenvalue weighted by atomic mass is 10.0. The second-order valence-corrected chi connectivity index (χ2v) is 10.5. The van der Waals surface area contributed by atoms with Crippen LogP contribution in [-0.2, 0) is 21.4 Å². The molecule has 0 unspecified atom stereocenters. The van der Waals surface area contributed by atoms with Gasteiger partial charge in [-0.2, -0.15) is 4.72 Å². The monoisotopic (exact) mass is 504 g/mol. The Balaban J connectivity index is 1.39. The van der Waals surface area contributed by atoms with Crippen LogP contribution in [0.15, 0.2) is 71.6 Å². The molecule has 1 aliphatic heterocycles. The van der Waals surface area contributed by atoms with Crippen molar-refractivity contribution in [3.05, 3.63) is 77.9 Å². The lowest BCUT2D eigenvalue weighted by molar-refractivity contribution is -0.129. The van der Waals surface area contributed by atoms with E-state index in [2.05, 4.69) is 4.72 Å². The molecule has 1 atom stereocenters. The minimum absolute atomic E-state index is 0.0502. The van der Waals surface area contributed by atoms with Crippen molar-refractivity contribution in [1.82, 2.24) is 9.62 Å². The number of amides is 1. The number of nitrogens with one attached hydrogen (secondary N) is 2. The van der Waals surface area contributed by atoms with Crippen molar-refractivity contribution in [1.29, 1.82) is 5.41 Å². The van der Waals surface area contributed by atoms with Crippen molar-refractivity contribution in [3.63, 3.8) is 0 Å². The van der Waals surface area contributed by atoms with E-state index in [1.807, 2.05) is 6.07 Å². The fourth-order valence-electron chi connectivity index (χ4n) is 4.60. The van der Waals surface area contributed by atoms with Crippen LogP contribution in [0, 0.1) is 5.41 Å². The predicted molar refractivity (Wildman–Crippen MR) is 136 cm³/mol. The topological polar surface area (TPSA) is 157 Å². The van der Waals surface area contributed by atoms with Crippen LogP contribution in [0.2, 0.25) is 0 Å². The van der Waals surface area contributed by atoms with Gasteiger partial charge in [0, 0.05) is 40.2 Å². The maximum absolute atomic E-state index is 13.2. The van der Waals surface area contributed by atoms with Gasteiger partial charge in [0.15, 0.2) is 0 Å². The van der Waals surface area contributed by atoms with E-state index in [-0.39, 0.29) is 40.1 Å². The highest BCUT2D eigenvalue weighted by atomic mass is 32.2. The van der Waals surface area contributed by atoms with Gasteiger partial charge in [-0.1, -0.05) is 42.5 Å². The molecule has 1 aliphatic rings. The van der Waals surface area contributed by atoms with Crippen LogP contribution in [0.1, 0.15) is 17.5 Å². The van der Waals surface area contributed by atoms with Gasteiger partial charge in [0.1, 0.15) is 23.4 Å². The Morgan fingerprint density at radius 3 is 2.33 bits per heavy atom. The van der Waals surface area contributed by atoms with Crippen LogP contribution in [0.3, 0.4) is 0 Å². The van der Waals surface area contributed by atoms with Crippen molar-refractivity contribution < 1.29 is 23.4 Å². The van der Waals surface area contributed by atoms with Gasteiger partial charge in [0.05, 0.1) is 4.90 Å². The van der Waals surface area contributed by atoms with Gasteiger partial charge in [-0.3, -0.25) is 10.2 Å². The molecule has 184 valence electrons. The zero-order valence-corrected chi connectivity index (χ0v) is 19.9. The number of amidine groups is 1. The number of carbonyl (C=O) groups is 1. The van der Waals surface area contributed by atoms with E-state index in [9.17, 15) is 23.4 Å². The third-order valence-electron chi connectivity index (χ3n) is 6.46. The minimum atomic E-state index is -4.10. The number of benzene rings is 4. The number of phenols is 2. The molecule has 0 aromatic heterocycles. The molecule has 1 saturated heterocycles. The average Bonchev–Trinajstić information content (AvgIpc) is 3.20. The Hall–Kier alpha value is -4.15. The first-order valence-corrected chi connectivity index (χ1v) is 12.7. The Morgan fingerprint density at radius 2 is 1.64 bits per heavy atom. The molecule has 0 radical (unpaired) electrons. The summed E-state index contributed by atoms with van der Waals surface area (Å²) < 4.78 is 28.8. The molecule has 1 heterocycles. The van der Waals surface area contributed by atoms with Gasteiger partial charge in [-0.15, -0.1) is 0 Å². The van der Waals surface area contributed by atoms with Crippen LogP contribution in [0.25, 0.3) is 21.5 Å². The van der Waals surface area contributed by atoms with Crippen LogP contribution >= 0.6 is 0 Å². The summed E-state index contributed by atoms with van der Waals surface area (Å²) >= 11 is 0. The molecule has 0 bridgehead atoms. The van der Waals surface area contributed by atoms with E-state index in [1.165, 1.54) is 18.2 Å². The lowest BCUT2D eigenvalue weighted by Crippen LogP contribution is -2.41. The molecule has 0 spiro atoms. The van der Waals surface area contributed by atoms with Crippen LogP contribution in [0.4, 0.5) is 0 Å². The molecule has 6 N–H and O–H groups in total. The summed E-state index contributed by atoms with van der Waals surface area (Å²) in [7, 11) is -4.10. The molecule has 4 aromatic carbocycles. The molecule has 1 amide bonds. The Kier molecular flexibility index (Phi) is 5.77. The van der Waals surface area contributed by atoms with Crippen molar-refractivity contribution in [2.75, 3.05) is 6.54 Å². The third-order valence-corrected chi connectivity index (χ3v) is 7.92. The summed E-state index contributed by atoms with van der Waals surface area (Å²) in [5.74, 6) is -0.603. The Morgan fingerprint density at radius 1 is 0.972 bits per heavy atom. The van der Waals surface area contributed by atoms with Crippen molar-refractivity contribution in [2.45, 2.75) is 23.9 Å². The van der Waals surface area contributed by atoms with Crippen molar-refractivity contribution in [2.24, 2.45) is 5.73 Å². The fourth-order valence-corrected chi connectivity index (χ4v) is 5.85. The molecule has 0 saturated carbocycles. The van der Waals surface area contributed by atoms with Crippen LogP contribution < -0.4 is 10.5 Å². The number of nitrogens with two attached hydrogens (primary N) is 1. The standard InChI is InChI=1S/C26H24N4O5S/c27-25(28)16-5-3-4-15(12-16)14-30-11-10-22(26(30)33)29-36(34,35)17-8-9-20-21(13-17)24(32)19-7-2-1-6-18(19)23(20)31/h1-9,12-13,22,29,31-32H,10-11,14H2,(H3,27,28)/t22-/m0/s1. The van der Waals surface area contributed by atoms with E-state index in [1.54, 1.807) is 47.4 Å². The molecule has 1 fully saturated rings. The number of hydrogen-bond donors (Lipinski definition) is 5. The van der Waals surface area contributed by atoms with Crippen LogP contribution in [-0.4, -0.2) is 47.9 Å². The molecule has 5 rings (SSSR count). The molecule has 9 nitrogen and oxygen atoms in total. The van der Waals surface area contributed by atoms with Gasteiger partial charge in [-0.25, -0.2) is 8.42 Å². The highest BCUT2D eigenvalue weighted by Crippen LogP contribution is 2.42. The molecule has 36 heavy (non-hydrogen) atoms. The normalized spacial score (nSPS) is 16.2. The first kappa shape index (κ1) is 23.6. The number of aromatic hydroxyl groups is 2. The van der Waals surface area contributed by atoms with E-state index in [4.69, 9.17) is 11.1 Å². The Bertz CT molecular complexity index is 1650. The summed E-state index contributed by atoms with van der Waals surface area (Å²) in [5.41, 5.74) is 6.88. The first-order chi connectivity index (χ1) is 17.2. The van der Waals surface area contributed by atoms with Crippen LogP contribution in [0.5, 0.6) is 11.5 Å². The zero-order valence-electron chi connectivity index (χ0n) is 19.1. The van der Waals surface area contributed by atoms with Gasteiger partial charge in [0.25, 0.3) is 0 Å². The maximum atomic E-state index is 13.2. The smallest absolute Gasteiger partial charge is 0.241 e. The highest BCUT2D eigenvalue weighted by Gasteiger charge is 2.35. The van der Waals surface area contributed by atoms with Gasteiger partial charge in [-0.05, 0) is 36.2 Å². The number of likely N-dealkylation sites (tertiary alicyclic amines) is 1. The fraction of sp³-hybridized carbons (Fsp3) is 0.154. The summed E-state index contributed by atoms with van der Waals surface area (Å²) in [4.78, 5) is 14.4. The molecule has 4 aromatic rings. The largest absolute Gasteiger partial charge is 0.507 e. The number of nitrogen functional groups attached to an aromatic ring is 1. The van der Waals surface area contributed by atoms with Crippen molar-refractivity contribution in [3.8, 4) is 11.5 Å². The van der Waals surface area contributed by atoms with E-state index in [0.29, 0.717) is 34.7 Å². The highest BCUT2D eigenvalue weighted by molar-refractivity contribution is 7.89. The number of phenolic OH excluding ortho intramolecular Hbond substituents is 2. The number of rotatable bonds is 6. The van der Waals surface area contributed by atoms with Crippen molar-refractivity contribution >= 4 is 43.3 Å². The van der Waals surface area contributed by atoms with Gasteiger partial charge >= 0.3 is 0 Å². The quantitative estimate of drug-likeness (QED) is 0.118. The van der Waals surface area contributed by atoms with E-state index >= 15 is 0 Å². The molecular weight excluding hydrogens is 480 g/mol. The predicted octanol–water partition coefficient (Wildman–Crippen LogP) is 2.77. The lowest BCUT2D eigenvalue weighted by Gasteiger charge is -2.18. The number of carbonyl (C=O) groups excluding carboxylic acids is 1. The second kappa shape index (κ2) is 8.81. The maximum Gasteiger partial charge on any atom is 0.241 e. The average molecular weight is 505 g/mol. The SMILES string of the molecule is N=C(N)c1cccc(CN2CC[C@H](NS(=O)(=O)c3ccc4c(O)c5ccccc5c(O)c4c3)C2=O)c1. The molecular formula is C26H24N4O5S. The molecule has 0 aliphatic carbocycles.